The number of benzene rings is 3. The van der Waals surface area contributed by atoms with Gasteiger partial charge >= 0.3 is 0 Å². The number of halogens is 1. The van der Waals surface area contributed by atoms with Crippen LogP contribution in [0.5, 0.6) is 0 Å². The van der Waals surface area contributed by atoms with Crippen LogP contribution in [0.15, 0.2) is 89.3 Å². The van der Waals surface area contributed by atoms with Gasteiger partial charge in [0.2, 0.25) is 5.91 Å². The Morgan fingerprint density at radius 1 is 0.919 bits per heavy atom. The van der Waals surface area contributed by atoms with Crippen molar-refractivity contribution in [3.05, 3.63) is 107 Å². The van der Waals surface area contributed by atoms with Gasteiger partial charge in [-0.25, -0.2) is 0 Å². The van der Waals surface area contributed by atoms with E-state index in [1.807, 2.05) is 77.7 Å². The Labute approximate surface area is 222 Å². The molecule has 0 saturated carbocycles. The van der Waals surface area contributed by atoms with Gasteiger partial charge in [0, 0.05) is 17.0 Å². The minimum Gasteiger partial charge on any atom is -0.460 e. The van der Waals surface area contributed by atoms with Crippen LogP contribution in [0.2, 0.25) is 5.02 Å². The molecular weight excluding hydrogens is 484 g/mol. The van der Waals surface area contributed by atoms with Gasteiger partial charge in [-0.3, -0.25) is 9.69 Å². The van der Waals surface area contributed by atoms with Gasteiger partial charge in [0.15, 0.2) is 0 Å². The highest BCUT2D eigenvalue weighted by atomic mass is 35.5. The minimum atomic E-state index is -0.638. The Bertz CT molecular complexity index is 1360. The molecule has 37 heavy (non-hydrogen) atoms. The zero-order valence-electron chi connectivity index (χ0n) is 20.7. The van der Waals surface area contributed by atoms with Gasteiger partial charge in [0.05, 0.1) is 24.1 Å². The summed E-state index contributed by atoms with van der Waals surface area (Å²) in [7, 11) is 0. The Morgan fingerprint density at radius 3 is 2.43 bits per heavy atom. The molecular formula is C31H31ClN2O3. The number of aliphatic hydroxyl groups excluding tert-OH is 1. The van der Waals surface area contributed by atoms with Crippen molar-refractivity contribution in [3.8, 4) is 0 Å². The van der Waals surface area contributed by atoms with Crippen molar-refractivity contribution >= 4 is 28.5 Å². The zero-order valence-corrected chi connectivity index (χ0v) is 21.5. The van der Waals surface area contributed by atoms with Crippen LogP contribution in [-0.4, -0.2) is 40.0 Å². The summed E-state index contributed by atoms with van der Waals surface area (Å²) in [5, 5.41) is 13.3. The molecule has 2 aliphatic heterocycles. The van der Waals surface area contributed by atoms with E-state index in [-0.39, 0.29) is 11.9 Å². The molecule has 0 unspecified atom stereocenters. The molecule has 1 spiro atoms. The predicted octanol–water partition coefficient (Wildman–Crippen LogP) is 6.20. The second kappa shape index (κ2) is 9.97. The molecule has 2 atom stereocenters. The number of piperidine rings is 2. The molecule has 1 amide bonds. The number of aliphatic hydroxyl groups is 1. The quantitative estimate of drug-likeness (QED) is 0.344. The molecule has 4 aromatic rings. The highest BCUT2D eigenvalue weighted by molar-refractivity contribution is 6.30. The molecule has 2 aliphatic rings. The number of hydrogen-bond acceptors (Lipinski definition) is 4. The summed E-state index contributed by atoms with van der Waals surface area (Å²) in [6, 6.07) is 27.3. The first-order valence-electron chi connectivity index (χ1n) is 13.0. The number of fused-ring (bicyclic) bond motifs is 1. The average Bonchev–Trinajstić information content (AvgIpc) is 3.31. The number of nitrogens with zero attached hydrogens (tertiary/aromatic N) is 2. The number of amides is 1. The molecule has 1 aromatic heterocycles. The van der Waals surface area contributed by atoms with Gasteiger partial charge in [-0.15, -0.1) is 0 Å². The van der Waals surface area contributed by atoms with Crippen LogP contribution in [0.25, 0.3) is 11.0 Å². The van der Waals surface area contributed by atoms with Crippen molar-refractivity contribution in [2.45, 2.75) is 44.5 Å². The van der Waals surface area contributed by atoms with E-state index in [2.05, 4.69) is 17.0 Å². The van der Waals surface area contributed by atoms with Crippen molar-refractivity contribution in [1.29, 1.82) is 0 Å². The largest absolute Gasteiger partial charge is 0.460 e. The topological polar surface area (TPSA) is 56.9 Å². The zero-order chi connectivity index (χ0) is 25.4. The van der Waals surface area contributed by atoms with E-state index >= 15 is 0 Å². The summed E-state index contributed by atoms with van der Waals surface area (Å²) in [6.45, 7) is 2.72. The summed E-state index contributed by atoms with van der Waals surface area (Å²) in [4.78, 5) is 18.5. The normalized spacial score (nSPS) is 22.1. The van der Waals surface area contributed by atoms with E-state index in [1.54, 1.807) is 0 Å². The smallest absolute Gasteiger partial charge is 0.229 e. The van der Waals surface area contributed by atoms with Gasteiger partial charge < -0.3 is 14.4 Å². The van der Waals surface area contributed by atoms with Crippen LogP contribution >= 0.6 is 11.6 Å². The Kier molecular flexibility index (Phi) is 6.53. The first kappa shape index (κ1) is 24.2. The molecule has 3 aromatic carbocycles. The SMILES string of the molecule is O=C1N(Cc2cccc(Cl)c2)[C@@H](c2ccccc2)[C@H](O)CC12CCN(Cc1cc3ccccc3o1)CC2. The maximum absolute atomic E-state index is 14.2. The molecule has 3 heterocycles. The van der Waals surface area contributed by atoms with Crippen LogP contribution in [0.4, 0.5) is 0 Å². The molecule has 6 rings (SSSR count). The van der Waals surface area contributed by atoms with E-state index in [0.717, 1.165) is 60.3 Å². The van der Waals surface area contributed by atoms with Crippen molar-refractivity contribution in [3.63, 3.8) is 0 Å². The van der Waals surface area contributed by atoms with Crippen LogP contribution in [-0.2, 0) is 17.9 Å². The fraction of sp³-hybridized carbons (Fsp3) is 0.323. The third-order valence-electron chi connectivity index (χ3n) is 8.07. The predicted molar refractivity (Wildman–Crippen MR) is 145 cm³/mol. The van der Waals surface area contributed by atoms with Crippen molar-refractivity contribution in [2.24, 2.45) is 5.41 Å². The molecule has 0 bridgehead atoms. The van der Waals surface area contributed by atoms with Crippen molar-refractivity contribution < 1.29 is 14.3 Å². The Hall–Kier alpha value is -3.12. The highest BCUT2D eigenvalue weighted by Crippen LogP contribution is 2.47. The van der Waals surface area contributed by atoms with Gasteiger partial charge in [-0.05, 0) is 67.7 Å². The van der Waals surface area contributed by atoms with Crippen LogP contribution < -0.4 is 0 Å². The number of likely N-dealkylation sites (tertiary alicyclic amines) is 2. The summed E-state index contributed by atoms with van der Waals surface area (Å²) >= 11 is 6.27. The van der Waals surface area contributed by atoms with Gasteiger partial charge in [0.25, 0.3) is 0 Å². The van der Waals surface area contributed by atoms with Crippen molar-refractivity contribution in [2.75, 3.05) is 13.1 Å². The van der Waals surface area contributed by atoms with Gasteiger partial charge in [-0.1, -0.05) is 72.3 Å². The van der Waals surface area contributed by atoms with E-state index in [9.17, 15) is 9.90 Å². The van der Waals surface area contributed by atoms with Gasteiger partial charge in [-0.2, -0.15) is 0 Å². The number of furan rings is 1. The third kappa shape index (κ3) is 4.79. The highest BCUT2D eigenvalue weighted by Gasteiger charge is 2.52. The third-order valence-corrected chi connectivity index (χ3v) is 8.30. The first-order chi connectivity index (χ1) is 18.0. The fourth-order valence-electron chi connectivity index (χ4n) is 6.18. The lowest BCUT2D eigenvalue weighted by molar-refractivity contribution is -0.165. The minimum absolute atomic E-state index is 0.134. The number of carbonyl (C=O) groups is 1. The van der Waals surface area contributed by atoms with E-state index in [0.29, 0.717) is 18.0 Å². The summed E-state index contributed by atoms with van der Waals surface area (Å²) in [5.74, 6) is 1.08. The second-order valence-corrected chi connectivity index (χ2v) is 10.9. The standard InChI is InChI=1S/C31H31ClN2O3/c32-25-11-6-7-22(17-25)20-34-29(23-8-2-1-3-9-23)27(35)19-31(30(34)36)13-15-33(16-14-31)21-26-18-24-10-4-5-12-28(24)37-26/h1-12,17-18,27,29,35H,13-16,19-21H2/t27-,29+/m1/s1. The summed E-state index contributed by atoms with van der Waals surface area (Å²) in [6.07, 6.45) is 1.28. The van der Waals surface area contributed by atoms with Crippen LogP contribution in [0.3, 0.4) is 0 Å². The van der Waals surface area contributed by atoms with Crippen molar-refractivity contribution in [1.82, 2.24) is 9.80 Å². The lowest BCUT2D eigenvalue weighted by atomic mass is 9.68. The molecule has 6 heteroatoms. The lowest BCUT2D eigenvalue weighted by Crippen LogP contribution is -2.58. The summed E-state index contributed by atoms with van der Waals surface area (Å²) < 4.78 is 6.03. The monoisotopic (exact) mass is 514 g/mol. The van der Waals surface area contributed by atoms with E-state index < -0.39 is 11.5 Å². The molecule has 190 valence electrons. The lowest BCUT2D eigenvalue weighted by Gasteiger charge is -2.51. The molecule has 5 nitrogen and oxygen atoms in total. The van der Waals surface area contributed by atoms with E-state index in [1.165, 1.54) is 0 Å². The molecule has 0 aliphatic carbocycles. The van der Waals surface area contributed by atoms with Crippen LogP contribution in [0, 0.1) is 5.41 Å². The number of rotatable bonds is 5. The summed E-state index contributed by atoms with van der Waals surface area (Å²) in [5.41, 5.74) is 2.27. The maximum atomic E-state index is 14.2. The average molecular weight is 515 g/mol. The Morgan fingerprint density at radius 2 is 1.68 bits per heavy atom. The first-order valence-corrected chi connectivity index (χ1v) is 13.4. The molecule has 1 N–H and O–H groups in total. The number of hydrogen-bond donors (Lipinski definition) is 1. The van der Waals surface area contributed by atoms with E-state index in [4.69, 9.17) is 16.0 Å². The fourth-order valence-corrected chi connectivity index (χ4v) is 6.40. The maximum Gasteiger partial charge on any atom is 0.229 e. The molecule has 2 saturated heterocycles. The van der Waals surface area contributed by atoms with Crippen LogP contribution in [0.1, 0.15) is 42.2 Å². The van der Waals surface area contributed by atoms with Gasteiger partial charge in [0.1, 0.15) is 11.3 Å². The second-order valence-electron chi connectivity index (χ2n) is 10.5. The Balaban J connectivity index is 1.23. The number of para-hydroxylation sites is 1. The molecule has 0 radical (unpaired) electrons. The number of carbonyl (C=O) groups excluding carboxylic acids is 1. The molecule has 2 fully saturated rings.